The van der Waals surface area contributed by atoms with Crippen LogP contribution in [-0.2, 0) is 14.8 Å². The van der Waals surface area contributed by atoms with Gasteiger partial charge in [0.15, 0.2) is 0 Å². The molecule has 5 nitrogen and oxygen atoms in total. The average molecular weight is 270 g/mol. The lowest BCUT2D eigenvalue weighted by molar-refractivity contribution is -0.124. The standard InChI is InChI=1S/C12H18N2O3S/c1-3-9-12(2,13)11(15)14-18(16,17)10-7-5-4-6-8-10/h4-8H,3,9,13H2,1-2H3,(H,14,15). The van der Waals surface area contributed by atoms with E-state index in [4.69, 9.17) is 5.73 Å². The first-order chi connectivity index (χ1) is 8.29. The third-order valence-electron chi connectivity index (χ3n) is 2.57. The van der Waals surface area contributed by atoms with Gasteiger partial charge in [0.1, 0.15) is 0 Å². The van der Waals surface area contributed by atoms with E-state index >= 15 is 0 Å². The van der Waals surface area contributed by atoms with Gasteiger partial charge in [-0.05, 0) is 25.5 Å². The van der Waals surface area contributed by atoms with Gasteiger partial charge in [-0.25, -0.2) is 13.1 Å². The number of hydrogen-bond donors (Lipinski definition) is 2. The summed E-state index contributed by atoms with van der Waals surface area (Å²) in [6.07, 6.45) is 1.12. The van der Waals surface area contributed by atoms with Gasteiger partial charge >= 0.3 is 0 Å². The molecule has 1 aromatic rings. The Morgan fingerprint density at radius 1 is 1.33 bits per heavy atom. The summed E-state index contributed by atoms with van der Waals surface area (Å²) in [6.45, 7) is 3.40. The summed E-state index contributed by atoms with van der Waals surface area (Å²) in [5.74, 6) is -0.687. The number of amides is 1. The van der Waals surface area contributed by atoms with Crippen LogP contribution in [0.5, 0.6) is 0 Å². The normalized spacial score (nSPS) is 14.8. The summed E-state index contributed by atoms with van der Waals surface area (Å²) >= 11 is 0. The maximum absolute atomic E-state index is 11.9. The number of rotatable bonds is 5. The molecule has 0 fully saturated rings. The fourth-order valence-electron chi connectivity index (χ4n) is 1.53. The highest BCUT2D eigenvalue weighted by Crippen LogP contribution is 2.12. The van der Waals surface area contributed by atoms with Gasteiger partial charge in [-0.1, -0.05) is 31.5 Å². The summed E-state index contributed by atoms with van der Waals surface area (Å²) in [4.78, 5) is 11.9. The molecule has 0 aliphatic rings. The molecule has 1 amide bonds. The van der Waals surface area contributed by atoms with Crippen LogP contribution in [0.1, 0.15) is 26.7 Å². The van der Waals surface area contributed by atoms with E-state index in [9.17, 15) is 13.2 Å². The SMILES string of the molecule is CCCC(C)(N)C(=O)NS(=O)(=O)c1ccccc1. The Morgan fingerprint density at radius 2 is 1.89 bits per heavy atom. The number of nitrogens with two attached hydrogens (primary N) is 1. The molecule has 0 saturated heterocycles. The van der Waals surface area contributed by atoms with E-state index in [1.807, 2.05) is 11.6 Å². The number of carbonyl (C=O) groups is 1. The number of hydrogen-bond acceptors (Lipinski definition) is 4. The van der Waals surface area contributed by atoms with Crippen LogP contribution in [-0.4, -0.2) is 19.9 Å². The van der Waals surface area contributed by atoms with Gasteiger partial charge in [0.25, 0.3) is 15.9 Å². The Hall–Kier alpha value is -1.40. The monoisotopic (exact) mass is 270 g/mol. The second kappa shape index (κ2) is 5.49. The smallest absolute Gasteiger partial charge is 0.264 e. The first-order valence-electron chi connectivity index (χ1n) is 5.71. The molecule has 0 aliphatic carbocycles. The minimum absolute atomic E-state index is 0.0469. The Labute approximate surface area is 107 Å². The van der Waals surface area contributed by atoms with Crippen molar-refractivity contribution in [3.8, 4) is 0 Å². The van der Waals surface area contributed by atoms with Crippen LogP contribution in [0.4, 0.5) is 0 Å². The van der Waals surface area contributed by atoms with Crippen LogP contribution >= 0.6 is 0 Å². The zero-order valence-corrected chi connectivity index (χ0v) is 11.3. The minimum atomic E-state index is -3.84. The van der Waals surface area contributed by atoms with Crippen molar-refractivity contribution in [2.24, 2.45) is 5.73 Å². The fourth-order valence-corrected chi connectivity index (χ4v) is 2.64. The van der Waals surface area contributed by atoms with Crippen LogP contribution in [0.2, 0.25) is 0 Å². The summed E-state index contributed by atoms with van der Waals surface area (Å²) in [5.41, 5.74) is 4.60. The molecule has 0 saturated carbocycles. The van der Waals surface area contributed by atoms with Crippen LogP contribution in [0, 0.1) is 0 Å². The number of benzene rings is 1. The lowest BCUT2D eigenvalue weighted by Gasteiger charge is -2.22. The van der Waals surface area contributed by atoms with E-state index in [1.165, 1.54) is 19.1 Å². The van der Waals surface area contributed by atoms with Gasteiger partial charge < -0.3 is 5.73 Å². The van der Waals surface area contributed by atoms with Crippen molar-refractivity contribution in [2.75, 3.05) is 0 Å². The van der Waals surface area contributed by atoms with E-state index in [0.29, 0.717) is 12.8 Å². The highest BCUT2D eigenvalue weighted by molar-refractivity contribution is 7.90. The third-order valence-corrected chi connectivity index (χ3v) is 3.92. The second-order valence-electron chi connectivity index (χ2n) is 4.42. The lowest BCUT2D eigenvalue weighted by atomic mass is 9.97. The minimum Gasteiger partial charge on any atom is -0.318 e. The van der Waals surface area contributed by atoms with E-state index in [-0.39, 0.29) is 4.90 Å². The Balaban J connectivity index is 2.88. The van der Waals surface area contributed by atoms with Crippen LogP contribution in [0.15, 0.2) is 35.2 Å². The molecule has 18 heavy (non-hydrogen) atoms. The molecule has 0 aliphatic heterocycles. The molecule has 1 atom stereocenters. The van der Waals surface area contributed by atoms with Crippen molar-refractivity contribution in [1.29, 1.82) is 0 Å². The van der Waals surface area contributed by atoms with Gasteiger partial charge in [0.05, 0.1) is 10.4 Å². The zero-order chi connectivity index (χ0) is 13.8. The number of carbonyl (C=O) groups excluding carboxylic acids is 1. The molecule has 1 rings (SSSR count). The number of sulfonamides is 1. The van der Waals surface area contributed by atoms with E-state index in [1.54, 1.807) is 18.2 Å². The molecule has 6 heteroatoms. The summed E-state index contributed by atoms with van der Waals surface area (Å²) in [6, 6.07) is 7.72. The zero-order valence-electron chi connectivity index (χ0n) is 10.5. The summed E-state index contributed by atoms with van der Waals surface area (Å²) in [5, 5.41) is 0. The number of nitrogens with one attached hydrogen (secondary N) is 1. The highest BCUT2D eigenvalue weighted by atomic mass is 32.2. The Kier molecular flexibility index (Phi) is 4.48. The molecular formula is C12H18N2O3S. The van der Waals surface area contributed by atoms with Crippen LogP contribution in [0.25, 0.3) is 0 Å². The van der Waals surface area contributed by atoms with Crippen molar-refractivity contribution in [1.82, 2.24) is 4.72 Å². The lowest BCUT2D eigenvalue weighted by Crippen LogP contribution is -2.52. The van der Waals surface area contributed by atoms with Gasteiger partial charge in [-0.2, -0.15) is 0 Å². The van der Waals surface area contributed by atoms with Crippen LogP contribution in [0.3, 0.4) is 0 Å². The van der Waals surface area contributed by atoms with Crippen molar-refractivity contribution in [3.05, 3.63) is 30.3 Å². The highest BCUT2D eigenvalue weighted by Gasteiger charge is 2.30. The predicted molar refractivity (Wildman–Crippen MR) is 69.3 cm³/mol. The molecule has 0 aromatic heterocycles. The fraction of sp³-hybridized carbons (Fsp3) is 0.417. The third kappa shape index (κ3) is 3.54. The van der Waals surface area contributed by atoms with Gasteiger partial charge in [-0.3, -0.25) is 4.79 Å². The van der Waals surface area contributed by atoms with E-state index in [2.05, 4.69) is 0 Å². The van der Waals surface area contributed by atoms with E-state index in [0.717, 1.165) is 0 Å². The molecule has 1 unspecified atom stereocenters. The van der Waals surface area contributed by atoms with Crippen molar-refractivity contribution in [3.63, 3.8) is 0 Å². The average Bonchev–Trinajstić information content (AvgIpc) is 2.29. The van der Waals surface area contributed by atoms with Gasteiger partial charge in [0.2, 0.25) is 0 Å². The van der Waals surface area contributed by atoms with Crippen molar-refractivity contribution >= 4 is 15.9 Å². The quantitative estimate of drug-likeness (QED) is 0.835. The molecular weight excluding hydrogens is 252 g/mol. The molecule has 1 aromatic carbocycles. The van der Waals surface area contributed by atoms with Crippen molar-refractivity contribution in [2.45, 2.75) is 37.1 Å². The molecule has 0 radical (unpaired) electrons. The van der Waals surface area contributed by atoms with Crippen molar-refractivity contribution < 1.29 is 13.2 Å². The molecule has 0 bridgehead atoms. The van der Waals surface area contributed by atoms with E-state index < -0.39 is 21.5 Å². The Bertz CT molecular complexity index is 509. The molecule has 100 valence electrons. The van der Waals surface area contributed by atoms with Gasteiger partial charge in [0, 0.05) is 0 Å². The molecule has 3 N–H and O–H groups in total. The van der Waals surface area contributed by atoms with Gasteiger partial charge in [-0.15, -0.1) is 0 Å². The topological polar surface area (TPSA) is 89.3 Å². The Morgan fingerprint density at radius 3 is 2.39 bits per heavy atom. The first kappa shape index (κ1) is 14.7. The summed E-state index contributed by atoms with van der Waals surface area (Å²) < 4.78 is 25.8. The van der Waals surface area contributed by atoms with Crippen LogP contribution < -0.4 is 10.5 Å². The largest absolute Gasteiger partial charge is 0.318 e. The molecule has 0 spiro atoms. The summed E-state index contributed by atoms with van der Waals surface area (Å²) in [7, 11) is -3.84. The maximum Gasteiger partial charge on any atom is 0.264 e. The second-order valence-corrected chi connectivity index (χ2v) is 6.10. The predicted octanol–water partition coefficient (Wildman–Crippen LogP) is 1.01. The first-order valence-corrected chi connectivity index (χ1v) is 7.19. The molecule has 0 heterocycles. The maximum atomic E-state index is 11.9.